The first-order chi connectivity index (χ1) is 10.2. The van der Waals surface area contributed by atoms with Gasteiger partial charge < -0.3 is 15.0 Å². The summed E-state index contributed by atoms with van der Waals surface area (Å²) in [6.45, 7) is 4.56. The van der Waals surface area contributed by atoms with E-state index in [-0.39, 0.29) is 6.03 Å². The Hall–Kier alpha value is -0.810. The molecule has 21 heavy (non-hydrogen) atoms. The third kappa shape index (κ3) is 4.10. The minimum absolute atomic E-state index is 0.0578. The van der Waals surface area contributed by atoms with Gasteiger partial charge in [0.25, 0.3) is 0 Å². The number of amides is 2. The van der Waals surface area contributed by atoms with E-state index >= 15 is 0 Å². The van der Waals surface area contributed by atoms with Crippen LogP contribution in [0.25, 0.3) is 0 Å². The van der Waals surface area contributed by atoms with E-state index in [4.69, 9.17) is 4.74 Å². The van der Waals surface area contributed by atoms with E-state index in [0.29, 0.717) is 25.2 Å². The van der Waals surface area contributed by atoms with Gasteiger partial charge in [-0.05, 0) is 44.6 Å². The molecule has 3 fully saturated rings. The first-order valence-electron chi connectivity index (χ1n) is 8.57. The van der Waals surface area contributed by atoms with Gasteiger partial charge in [-0.1, -0.05) is 6.42 Å². The Bertz CT molecular complexity index is 359. The first-order valence-corrected chi connectivity index (χ1v) is 8.57. The van der Waals surface area contributed by atoms with Crippen LogP contribution in [-0.2, 0) is 4.74 Å². The van der Waals surface area contributed by atoms with Crippen molar-refractivity contribution in [2.24, 2.45) is 5.92 Å². The van der Waals surface area contributed by atoms with Crippen molar-refractivity contribution in [1.82, 2.24) is 15.1 Å². The molecule has 0 radical (unpaired) electrons. The van der Waals surface area contributed by atoms with Crippen molar-refractivity contribution in [3.8, 4) is 0 Å². The lowest BCUT2D eigenvalue weighted by Crippen LogP contribution is -2.50. The predicted octanol–water partition coefficient (Wildman–Crippen LogP) is 1.68. The van der Waals surface area contributed by atoms with Crippen molar-refractivity contribution in [3.63, 3.8) is 0 Å². The number of fused-ring (bicyclic) bond motifs is 1. The smallest absolute Gasteiger partial charge is 0.317 e. The molecule has 3 aliphatic rings. The summed E-state index contributed by atoms with van der Waals surface area (Å²) in [5.41, 5.74) is 0. The summed E-state index contributed by atoms with van der Waals surface area (Å²) in [6.07, 6.45) is 7.58. The molecule has 0 bridgehead atoms. The molecule has 0 unspecified atom stereocenters. The Labute approximate surface area is 128 Å². The van der Waals surface area contributed by atoms with Crippen LogP contribution in [0.5, 0.6) is 0 Å². The van der Waals surface area contributed by atoms with Gasteiger partial charge in [-0.15, -0.1) is 0 Å². The number of carbonyl (C=O) groups excluding carboxylic acids is 1. The van der Waals surface area contributed by atoms with Crippen LogP contribution in [0, 0.1) is 5.92 Å². The summed E-state index contributed by atoms with van der Waals surface area (Å²) >= 11 is 0. The van der Waals surface area contributed by atoms with E-state index in [1.807, 2.05) is 7.05 Å². The molecule has 0 aromatic heterocycles. The van der Waals surface area contributed by atoms with Crippen LogP contribution < -0.4 is 5.32 Å². The molecule has 2 atom stereocenters. The van der Waals surface area contributed by atoms with Crippen molar-refractivity contribution in [3.05, 3.63) is 0 Å². The third-order valence-corrected chi connectivity index (χ3v) is 5.13. The molecular formula is C16H29N3O2. The Morgan fingerprint density at radius 1 is 1.24 bits per heavy atom. The van der Waals surface area contributed by atoms with Gasteiger partial charge >= 0.3 is 6.03 Å². The molecule has 0 spiro atoms. The van der Waals surface area contributed by atoms with Gasteiger partial charge in [-0.3, -0.25) is 4.90 Å². The lowest BCUT2D eigenvalue weighted by Gasteiger charge is -2.33. The molecule has 1 aliphatic carbocycles. The van der Waals surface area contributed by atoms with Crippen LogP contribution in [0.1, 0.15) is 38.5 Å². The Morgan fingerprint density at radius 3 is 2.90 bits per heavy atom. The van der Waals surface area contributed by atoms with Crippen molar-refractivity contribution in [2.75, 3.05) is 39.9 Å². The number of ether oxygens (including phenoxy) is 1. The van der Waals surface area contributed by atoms with Crippen LogP contribution in [0.15, 0.2) is 0 Å². The maximum Gasteiger partial charge on any atom is 0.317 e. The Balaban J connectivity index is 1.36. The molecule has 2 aliphatic heterocycles. The minimum atomic E-state index is 0.0578. The fourth-order valence-corrected chi connectivity index (χ4v) is 3.52. The second kappa shape index (κ2) is 6.97. The molecule has 0 aromatic rings. The molecule has 3 rings (SSSR count). The first kappa shape index (κ1) is 15.1. The van der Waals surface area contributed by atoms with Gasteiger partial charge in [0.15, 0.2) is 0 Å². The number of carbonyl (C=O) groups is 1. The molecule has 5 nitrogen and oxygen atoms in total. The van der Waals surface area contributed by atoms with E-state index in [2.05, 4.69) is 10.2 Å². The number of rotatable bonds is 6. The van der Waals surface area contributed by atoms with Crippen LogP contribution in [0.3, 0.4) is 0 Å². The molecule has 0 aromatic carbocycles. The average Bonchev–Trinajstić information content (AvgIpc) is 3.24. The second-order valence-corrected chi connectivity index (χ2v) is 6.88. The van der Waals surface area contributed by atoms with Gasteiger partial charge in [0.2, 0.25) is 0 Å². The summed E-state index contributed by atoms with van der Waals surface area (Å²) in [5, 5.41) is 3.23. The quantitative estimate of drug-likeness (QED) is 0.758. The normalized spacial score (nSPS) is 29.2. The lowest BCUT2D eigenvalue weighted by atomic mass is 9.99. The number of nitrogens with one attached hydrogen (secondary N) is 1. The van der Waals surface area contributed by atoms with E-state index in [9.17, 15) is 4.79 Å². The number of piperidine rings is 1. The number of hydrogen-bond acceptors (Lipinski definition) is 3. The highest BCUT2D eigenvalue weighted by atomic mass is 16.5. The highest BCUT2D eigenvalue weighted by Gasteiger charge is 2.36. The van der Waals surface area contributed by atoms with E-state index < -0.39 is 0 Å². The van der Waals surface area contributed by atoms with Crippen LogP contribution in [0.4, 0.5) is 4.79 Å². The standard InChI is InChI=1S/C16H29N3O2/c1-18(10-11-21-12-13-5-6-13)16(20)17-14-7-9-19-8-3-2-4-15(14)19/h13-15H,2-12H2,1H3,(H,17,20)/t14-,15+/m1/s1. The fraction of sp³-hybridized carbons (Fsp3) is 0.938. The fourth-order valence-electron chi connectivity index (χ4n) is 3.52. The van der Waals surface area contributed by atoms with Crippen LogP contribution >= 0.6 is 0 Å². The van der Waals surface area contributed by atoms with Gasteiger partial charge in [-0.25, -0.2) is 4.79 Å². The Kier molecular flexibility index (Phi) is 5.01. The van der Waals surface area contributed by atoms with Crippen LogP contribution in [0.2, 0.25) is 0 Å². The van der Waals surface area contributed by atoms with Crippen molar-refractivity contribution in [2.45, 2.75) is 50.6 Å². The highest BCUT2D eigenvalue weighted by Crippen LogP contribution is 2.29. The second-order valence-electron chi connectivity index (χ2n) is 6.88. The summed E-state index contributed by atoms with van der Waals surface area (Å²) in [6, 6.07) is 0.970. The maximum atomic E-state index is 12.3. The van der Waals surface area contributed by atoms with Gasteiger partial charge in [-0.2, -0.15) is 0 Å². The molecule has 2 saturated heterocycles. The number of nitrogens with zero attached hydrogens (tertiary/aromatic N) is 2. The van der Waals surface area contributed by atoms with Crippen molar-refractivity contribution >= 4 is 6.03 Å². The topological polar surface area (TPSA) is 44.8 Å². The van der Waals surface area contributed by atoms with Crippen molar-refractivity contribution < 1.29 is 9.53 Å². The zero-order valence-electron chi connectivity index (χ0n) is 13.2. The summed E-state index contributed by atoms with van der Waals surface area (Å²) < 4.78 is 5.60. The molecule has 2 amide bonds. The molecular weight excluding hydrogens is 266 g/mol. The minimum Gasteiger partial charge on any atom is -0.379 e. The SMILES string of the molecule is CN(CCOCC1CC1)C(=O)N[C@@H]1CCN2CCCC[C@@H]12. The van der Waals surface area contributed by atoms with Crippen molar-refractivity contribution in [1.29, 1.82) is 0 Å². The zero-order chi connectivity index (χ0) is 14.7. The Morgan fingerprint density at radius 2 is 2.10 bits per heavy atom. The largest absolute Gasteiger partial charge is 0.379 e. The van der Waals surface area contributed by atoms with E-state index in [0.717, 1.165) is 25.5 Å². The number of hydrogen-bond donors (Lipinski definition) is 1. The maximum absolute atomic E-state index is 12.3. The summed E-state index contributed by atoms with van der Waals surface area (Å²) in [7, 11) is 1.86. The highest BCUT2D eigenvalue weighted by molar-refractivity contribution is 5.74. The van der Waals surface area contributed by atoms with Gasteiger partial charge in [0.05, 0.1) is 6.61 Å². The monoisotopic (exact) mass is 295 g/mol. The number of urea groups is 1. The van der Waals surface area contributed by atoms with Crippen LogP contribution in [-0.4, -0.2) is 67.8 Å². The molecule has 120 valence electrons. The van der Waals surface area contributed by atoms with E-state index in [1.165, 1.54) is 38.6 Å². The summed E-state index contributed by atoms with van der Waals surface area (Å²) in [5.74, 6) is 0.792. The zero-order valence-corrected chi connectivity index (χ0v) is 13.2. The average molecular weight is 295 g/mol. The molecule has 5 heteroatoms. The molecule has 2 heterocycles. The number of likely N-dealkylation sites (N-methyl/N-ethyl adjacent to an activating group) is 1. The lowest BCUT2D eigenvalue weighted by molar-refractivity contribution is 0.106. The third-order valence-electron chi connectivity index (χ3n) is 5.13. The predicted molar refractivity (Wildman–Crippen MR) is 82.3 cm³/mol. The molecule has 1 N–H and O–H groups in total. The van der Waals surface area contributed by atoms with Gasteiger partial charge in [0.1, 0.15) is 0 Å². The van der Waals surface area contributed by atoms with Gasteiger partial charge in [0, 0.05) is 38.8 Å². The summed E-state index contributed by atoms with van der Waals surface area (Å²) in [4.78, 5) is 16.6. The molecule has 1 saturated carbocycles. The van der Waals surface area contributed by atoms with E-state index in [1.54, 1.807) is 4.90 Å².